The van der Waals surface area contributed by atoms with E-state index in [-0.39, 0.29) is 31.1 Å². The first-order valence-electron chi connectivity index (χ1n) is 7.03. The van der Waals surface area contributed by atoms with E-state index in [4.69, 9.17) is 9.84 Å². The molecule has 0 aromatic heterocycles. The summed E-state index contributed by atoms with van der Waals surface area (Å²) in [7, 11) is 0. The highest BCUT2D eigenvalue weighted by atomic mass is 16.5. The minimum atomic E-state index is -0.287. The molecule has 0 bridgehead atoms. The largest absolute Gasteiger partial charge is 0.484 e. The van der Waals surface area contributed by atoms with Crippen LogP contribution in [0, 0.1) is 0 Å². The van der Waals surface area contributed by atoms with Gasteiger partial charge in [-0.15, -0.1) is 0 Å². The van der Waals surface area contributed by atoms with Gasteiger partial charge < -0.3 is 20.1 Å². The van der Waals surface area contributed by atoms with Gasteiger partial charge in [-0.1, -0.05) is 0 Å². The third-order valence-electron chi connectivity index (χ3n) is 3.27. The number of hydrogen-bond donors (Lipinski definition) is 2. The van der Waals surface area contributed by atoms with E-state index in [0.717, 1.165) is 18.7 Å². The molecule has 1 saturated heterocycles. The van der Waals surface area contributed by atoms with E-state index in [1.807, 2.05) is 12.1 Å². The Labute approximate surface area is 123 Å². The zero-order valence-corrected chi connectivity index (χ0v) is 12.0. The van der Waals surface area contributed by atoms with Gasteiger partial charge >= 0.3 is 0 Å². The summed E-state index contributed by atoms with van der Waals surface area (Å²) in [4.78, 5) is 24.9. The Balaban J connectivity index is 1.85. The van der Waals surface area contributed by atoms with Gasteiger partial charge in [-0.3, -0.25) is 9.59 Å². The molecule has 1 atom stereocenters. The number of nitrogens with zero attached hydrogens (tertiary/aromatic N) is 1. The molecule has 6 heteroatoms. The number of nitrogens with one attached hydrogen (secondary N) is 1. The van der Waals surface area contributed by atoms with Gasteiger partial charge in [0.2, 0.25) is 5.91 Å². The fraction of sp³-hybridized carbons (Fsp3) is 0.467. The molecule has 0 spiro atoms. The summed E-state index contributed by atoms with van der Waals surface area (Å²) in [6.07, 6.45) is 1.49. The Morgan fingerprint density at radius 2 is 2.14 bits per heavy atom. The Kier molecular flexibility index (Phi) is 5.16. The van der Waals surface area contributed by atoms with Crippen LogP contribution in [0.5, 0.6) is 5.75 Å². The van der Waals surface area contributed by atoms with Crippen molar-refractivity contribution in [3.8, 4) is 5.75 Å². The molecular weight excluding hydrogens is 272 g/mol. The average Bonchev–Trinajstić information content (AvgIpc) is 2.91. The number of aliphatic hydroxyl groups is 1. The zero-order valence-electron chi connectivity index (χ0n) is 12.0. The van der Waals surface area contributed by atoms with Crippen LogP contribution in [0.2, 0.25) is 0 Å². The summed E-state index contributed by atoms with van der Waals surface area (Å²) in [5.74, 6) is 0.425. The second-order valence-corrected chi connectivity index (χ2v) is 5.08. The van der Waals surface area contributed by atoms with E-state index < -0.39 is 0 Å². The summed E-state index contributed by atoms with van der Waals surface area (Å²) < 4.78 is 5.36. The maximum absolute atomic E-state index is 11.6. The van der Waals surface area contributed by atoms with Crippen molar-refractivity contribution >= 4 is 17.5 Å². The second-order valence-electron chi connectivity index (χ2n) is 5.08. The summed E-state index contributed by atoms with van der Waals surface area (Å²) in [6, 6.07) is 6.82. The molecule has 1 aromatic carbocycles. The van der Waals surface area contributed by atoms with Gasteiger partial charge in [0.25, 0.3) is 5.91 Å². The first-order chi connectivity index (χ1) is 10.1. The van der Waals surface area contributed by atoms with Crippen molar-refractivity contribution < 1.29 is 19.4 Å². The van der Waals surface area contributed by atoms with Crippen LogP contribution in [0.1, 0.15) is 19.8 Å². The Bertz CT molecular complexity index is 501. The van der Waals surface area contributed by atoms with E-state index in [2.05, 4.69) is 5.32 Å². The topological polar surface area (TPSA) is 78.9 Å². The highest BCUT2D eigenvalue weighted by Crippen LogP contribution is 2.23. The van der Waals surface area contributed by atoms with Crippen LogP contribution >= 0.6 is 0 Å². The zero-order chi connectivity index (χ0) is 15.2. The van der Waals surface area contributed by atoms with Crippen molar-refractivity contribution in [3.05, 3.63) is 24.3 Å². The van der Waals surface area contributed by atoms with Gasteiger partial charge in [-0.2, -0.15) is 0 Å². The maximum Gasteiger partial charge on any atom is 0.258 e. The van der Waals surface area contributed by atoms with Gasteiger partial charge in [0.1, 0.15) is 5.75 Å². The van der Waals surface area contributed by atoms with E-state index in [0.29, 0.717) is 12.2 Å². The summed E-state index contributed by atoms with van der Waals surface area (Å²) in [5, 5.41) is 11.4. The number of carbonyl (C=O) groups is 2. The predicted octanol–water partition coefficient (Wildman–Crippen LogP) is 0.689. The number of rotatable bonds is 6. The Morgan fingerprint density at radius 3 is 2.71 bits per heavy atom. The Morgan fingerprint density at radius 1 is 1.43 bits per heavy atom. The lowest BCUT2D eigenvalue weighted by atomic mass is 10.3. The molecule has 2 N–H and O–H groups in total. The molecule has 2 amide bonds. The van der Waals surface area contributed by atoms with Crippen LogP contribution < -0.4 is 15.0 Å². The molecule has 1 aliphatic heterocycles. The Hall–Kier alpha value is -2.08. The minimum Gasteiger partial charge on any atom is -0.484 e. The van der Waals surface area contributed by atoms with Crippen molar-refractivity contribution in [3.63, 3.8) is 0 Å². The summed E-state index contributed by atoms with van der Waals surface area (Å²) in [6.45, 7) is 2.25. The normalized spacial score (nSPS) is 15.9. The van der Waals surface area contributed by atoms with Crippen LogP contribution in [0.15, 0.2) is 24.3 Å². The molecule has 1 fully saturated rings. The van der Waals surface area contributed by atoms with Gasteiger partial charge in [0.15, 0.2) is 6.61 Å². The van der Waals surface area contributed by atoms with Gasteiger partial charge in [0, 0.05) is 24.7 Å². The average molecular weight is 292 g/mol. The number of anilines is 1. The lowest BCUT2D eigenvalue weighted by Gasteiger charge is -2.16. The quantitative estimate of drug-likeness (QED) is 0.808. The first-order valence-corrected chi connectivity index (χ1v) is 7.03. The number of amides is 2. The minimum absolute atomic E-state index is 0.105. The van der Waals surface area contributed by atoms with E-state index >= 15 is 0 Å². The number of ether oxygens (including phenoxy) is 1. The fourth-order valence-electron chi connectivity index (χ4n) is 2.15. The predicted molar refractivity (Wildman–Crippen MR) is 78.2 cm³/mol. The van der Waals surface area contributed by atoms with Crippen molar-refractivity contribution in [2.24, 2.45) is 0 Å². The van der Waals surface area contributed by atoms with Gasteiger partial charge in [-0.25, -0.2) is 0 Å². The first kappa shape index (κ1) is 15.3. The highest BCUT2D eigenvalue weighted by molar-refractivity contribution is 5.95. The van der Waals surface area contributed by atoms with Crippen molar-refractivity contribution in [1.29, 1.82) is 0 Å². The standard InChI is InChI=1S/C15H20N2O4/c1-11(9-18)16-14(19)10-21-13-6-4-12(5-7-13)17-8-2-3-15(17)20/h4-7,11,18H,2-3,8-10H2,1H3,(H,16,19). The molecule has 1 unspecified atom stereocenters. The van der Waals surface area contributed by atoms with Crippen molar-refractivity contribution in [2.45, 2.75) is 25.8 Å². The van der Waals surface area contributed by atoms with Crippen LogP contribution in [0.4, 0.5) is 5.69 Å². The van der Waals surface area contributed by atoms with Crippen molar-refractivity contribution in [2.75, 3.05) is 24.7 Å². The second kappa shape index (κ2) is 7.08. The SMILES string of the molecule is CC(CO)NC(=O)COc1ccc(N2CCCC2=O)cc1. The monoisotopic (exact) mass is 292 g/mol. The molecule has 1 heterocycles. The number of aliphatic hydroxyl groups excluding tert-OH is 1. The van der Waals surface area contributed by atoms with Gasteiger partial charge in [-0.05, 0) is 37.6 Å². The van der Waals surface area contributed by atoms with E-state index in [9.17, 15) is 9.59 Å². The molecular formula is C15H20N2O4. The molecule has 0 saturated carbocycles. The lowest BCUT2D eigenvalue weighted by Crippen LogP contribution is -2.38. The molecule has 114 valence electrons. The lowest BCUT2D eigenvalue weighted by molar-refractivity contribution is -0.124. The summed E-state index contributed by atoms with van der Waals surface area (Å²) >= 11 is 0. The van der Waals surface area contributed by atoms with E-state index in [1.54, 1.807) is 24.0 Å². The molecule has 0 radical (unpaired) electrons. The smallest absolute Gasteiger partial charge is 0.258 e. The summed E-state index contributed by atoms with van der Waals surface area (Å²) in [5.41, 5.74) is 0.850. The molecule has 1 aromatic rings. The van der Waals surface area contributed by atoms with Crippen LogP contribution in [-0.2, 0) is 9.59 Å². The molecule has 1 aliphatic rings. The van der Waals surface area contributed by atoms with Crippen LogP contribution in [-0.4, -0.2) is 42.7 Å². The third kappa shape index (κ3) is 4.19. The van der Waals surface area contributed by atoms with Crippen LogP contribution in [0.3, 0.4) is 0 Å². The fourth-order valence-corrected chi connectivity index (χ4v) is 2.15. The van der Waals surface area contributed by atoms with Crippen LogP contribution in [0.25, 0.3) is 0 Å². The molecule has 0 aliphatic carbocycles. The molecule has 2 rings (SSSR count). The number of hydrogen-bond acceptors (Lipinski definition) is 4. The maximum atomic E-state index is 11.6. The number of benzene rings is 1. The van der Waals surface area contributed by atoms with Gasteiger partial charge in [0.05, 0.1) is 6.61 Å². The van der Waals surface area contributed by atoms with E-state index in [1.165, 1.54) is 0 Å². The molecule has 21 heavy (non-hydrogen) atoms. The number of carbonyl (C=O) groups excluding carboxylic acids is 2. The third-order valence-corrected chi connectivity index (χ3v) is 3.27. The molecule has 6 nitrogen and oxygen atoms in total. The highest BCUT2D eigenvalue weighted by Gasteiger charge is 2.21. The van der Waals surface area contributed by atoms with Crippen molar-refractivity contribution in [1.82, 2.24) is 5.32 Å².